The lowest BCUT2D eigenvalue weighted by molar-refractivity contribution is -0.137. The number of carbonyl (C=O) groups excluding carboxylic acids is 1. The van der Waals surface area contributed by atoms with E-state index < -0.39 is 30.2 Å². The fourth-order valence-corrected chi connectivity index (χ4v) is 1.41. The summed E-state index contributed by atoms with van der Waals surface area (Å²) < 4.78 is 31.1. The number of urea groups is 1. The molecular formula is C12H14F2N2O4. The lowest BCUT2D eigenvalue weighted by Gasteiger charge is -2.21. The van der Waals surface area contributed by atoms with Crippen LogP contribution >= 0.6 is 0 Å². The second kappa shape index (κ2) is 7.39. The molecule has 0 saturated heterocycles. The van der Waals surface area contributed by atoms with Gasteiger partial charge in [0.25, 0.3) is 0 Å². The lowest BCUT2D eigenvalue weighted by atomic mass is 10.3. The first-order valence-corrected chi connectivity index (χ1v) is 5.66. The standard InChI is InChI=1S/C12H14F2N2O4/c1-20-6-5-16(7-10(17)18)12(19)15-9-4-2-3-8(13)11(9)14/h2-4H,5-7H2,1H3,(H,15,19)(H,17,18). The van der Waals surface area contributed by atoms with E-state index in [-0.39, 0.29) is 18.8 Å². The highest BCUT2D eigenvalue weighted by Crippen LogP contribution is 2.16. The number of amides is 2. The summed E-state index contributed by atoms with van der Waals surface area (Å²) in [6.07, 6.45) is 0. The molecule has 0 atom stereocenters. The summed E-state index contributed by atoms with van der Waals surface area (Å²) in [4.78, 5) is 23.4. The maximum atomic E-state index is 13.4. The van der Waals surface area contributed by atoms with Crippen molar-refractivity contribution in [2.24, 2.45) is 0 Å². The smallest absolute Gasteiger partial charge is 0.323 e. The van der Waals surface area contributed by atoms with Crippen molar-refractivity contribution in [2.45, 2.75) is 0 Å². The summed E-state index contributed by atoms with van der Waals surface area (Å²) in [5.41, 5.74) is -0.359. The number of hydrogen-bond donors (Lipinski definition) is 2. The zero-order chi connectivity index (χ0) is 15.1. The van der Waals surface area contributed by atoms with Crippen LogP contribution in [0.4, 0.5) is 19.3 Å². The van der Waals surface area contributed by atoms with Crippen molar-refractivity contribution in [3.8, 4) is 0 Å². The van der Waals surface area contributed by atoms with Crippen LogP contribution in [0.25, 0.3) is 0 Å². The average molecular weight is 288 g/mol. The summed E-state index contributed by atoms with van der Waals surface area (Å²) in [5.74, 6) is -3.54. The number of methoxy groups -OCH3 is 1. The Labute approximate surface area is 113 Å². The van der Waals surface area contributed by atoms with E-state index in [1.165, 1.54) is 19.2 Å². The first kappa shape index (κ1) is 15.8. The minimum atomic E-state index is -1.23. The van der Waals surface area contributed by atoms with E-state index >= 15 is 0 Å². The minimum Gasteiger partial charge on any atom is -0.480 e. The van der Waals surface area contributed by atoms with Crippen LogP contribution in [0, 0.1) is 11.6 Å². The second-order valence-corrected chi connectivity index (χ2v) is 3.84. The molecule has 0 aromatic heterocycles. The van der Waals surface area contributed by atoms with Gasteiger partial charge >= 0.3 is 12.0 Å². The highest BCUT2D eigenvalue weighted by atomic mass is 19.2. The van der Waals surface area contributed by atoms with Gasteiger partial charge in [0.05, 0.1) is 12.3 Å². The Balaban J connectivity index is 2.79. The molecule has 0 radical (unpaired) electrons. The van der Waals surface area contributed by atoms with Crippen LogP contribution in [0.2, 0.25) is 0 Å². The molecule has 0 unspecified atom stereocenters. The van der Waals surface area contributed by atoms with Crippen molar-refractivity contribution in [2.75, 3.05) is 32.1 Å². The molecule has 0 spiro atoms. The molecule has 8 heteroatoms. The minimum absolute atomic E-state index is 0.00552. The average Bonchev–Trinajstić information content (AvgIpc) is 2.39. The zero-order valence-electron chi connectivity index (χ0n) is 10.7. The van der Waals surface area contributed by atoms with Gasteiger partial charge in [0, 0.05) is 13.7 Å². The molecule has 0 bridgehead atoms. The number of nitrogens with one attached hydrogen (secondary N) is 1. The Kier molecular flexibility index (Phi) is 5.85. The van der Waals surface area contributed by atoms with Crippen LogP contribution in [0.3, 0.4) is 0 Å². The molecule has 0 fully saturated rings. The summed E-state index contributed by atoms with van der Waals surface area (Å²) in [6.45, 7) is -0.454. The van der Waals surface area contributed by atoms with E-state index in [9.17, 15) is 18.4 Å². The van der Waals surface area contributed by atoms with Gasteiger partial charge in [-0.2, -0.15) is 0 Å². The third-order valence-corrected chi connectivity index (χ3v) is 2.37. The number of anilines is 1. The van der Waals surface area contributed by atoms with Crippen molar-refractivity contribution in [3.63, 3.8) is 0 Å². The highest BCUT2D eigenvalue weighted by Gasteiger charge is 2.18. The van der Waals surface area contributed by atoms with Gasteiger partial charge in [-0.3, -0.25) is 4.79 Å². The third kappa shape index (κ3) is 4.47. The summed E-state index contributed by atoms with van der Waals surface area (Å²) >= 11 is 0. The molecule has 0 saturated carbocycles. The monoisotopic (exact) mass is 288 g/mol. The number of nitrogens with zero attached hydrogens (tertiary/aromatic N) is 1. The summed E-state index contributed by atoms with van der Waals surface area (Å²) in [6, 6.07) is 2.45. The molecule has 110 valence electrons. The van der Waals surface area contributed by atoms with Crippen LogP contribution in [0.1, 0.15) is 0 Å². The summed E-state index contributed by atoms with van der Waals surface area (Å²) in [7, 11) is 1.39. The van der Waals surface area contributed by atoms with Crippen molar-refractivity contribution in [1.29, 1.82) is 0 Å². The largest absolute Gasteiger partial charge is 0.480 e. The van der Waals surface area contributed by atoms with Crippen LogP contribution in [0.15, 0.2) is 18.2 Å². The first-order chi connectivity index (χ1) is 9.45. The Bertz CT molecular complexity index is 496. The maximum absolute atomic E-state index is 13.4. The molecule has 2 N–H and O–H groups in total. The van der Waals surface area contributed by atoms with Gasteiger partial charge in [0.2, 0.25) is 0 Å². The number of ether oxygens (including phenoxy) is 1. The predicted molar refractivity (Wildman–Crippen MR) is 66.5 cm³/mol. The van der Waals surface area contributed by atoms with E-state index in [4.69, 9.17) is 9.84 Å². The molecular weight excluding hydrogens is 274 g/mol. The van der Waals surface area contributed by atoms with Crippen molar-refractivity contribution >= 4 is 17.7 Å². The number of carbonyl (C=O) groups is 2. The number of rotatable bonds is 6. The topological polar surface area (TPSA) is 78.9 Å². The van der Waals surface area contributed by atoms with Gasteiger partial charge in [-0.25, -0.2) is 13.6 Å². The lowest BCUT2D eigenvalue weighted by Crippen LogP contribution is -2.40. The van der Waals surface area contributed by atoms with Crippen LogP contribution < -0.4 is 5.32 Å². The van der Waals surface area contributed by atoms with E-state index in [2.05, 4.69) is 5.32 Å². The van der Waals surface area contributed by atoms with Gasteiger partial charge in [0.15, 0.2) is 11.6 Å². The van der Waals surface area contributed by atoms with E-state index in [0.29, 0.717) is 0 Å². The number of benzene rings is 1. The van der Waals surface area contributed by atoms with Gasteiger partial charge in [0.1, 0.15) is 6.54 Å². The van der Waals surface area contributed by atoms with Crippen molar-refractivity contribution < 1.29 is 28.2 Å². The quantitative estimate of drug-likeness (QED) is 0.832. The Hall–Kier alpha value is -2.22. The molecule has 0 aliphatic rings. The predicted octanol–water partition coefficient (Wildman–Crippen LogP) is 1.53. The molecule has 1 aromatic carbocycles. The first-order valence-electron chi connectivity index (χ1n) is 5.66. The zero-order valence-corrected chi connectivity index (χ0v) is 10.7. The van der Waals surface area contributed by atoms with Crippen LogP contribution in [-0.2, 0) is 9.53 Å². The number of carboxylic acids is 1. The van der Waals surface area contributed by atoms with Gasteiger partial charge in [-0.1, -0.05) is 6.07 Å². The number of halogens is 2. The van der Waals surface area contributed by atoms with Gasteiger partial charge < -0.3 is 20.1 Å². The third-order valence-electron chi connectivity index (χ3n) is 2.37. The molecule has 1 aromatic rings. The molecule has 6 nitrogen and oxygen atoms in total. The molecule has 20 heavy (non-hydrogen) atoms. The van der Waals surface area contributed by atoms with Gasteiger partial charge in [-0.15, -0.1) is 0 Å². The molecule has 0 heterocycles. The normalized spacial score (nSPS) is 10.2. The molecule has 1 rings (SSSR count). The SMILES string of the molecule is COCCN(CC(=O)O)C(=O)Nc1cccc(F)c1F. The van der Waals surface area contributed by atoms with Gasteiger partial charge in [-0.05, 0) is 12.1 Å². The van der Waals surface area contributed by atoms with E-state index in [1.807, 2.05) is 0 Å². The van der Waals surface area contributed by atoms with Crippen molar-refractivity contribution in [1.82, 2.24) is 4.90 Å². The number of aliphatic carboxylic acids is 1. The molecule has 0 aliphatic heterocycles. The van der Waals surface area contributed by atoms with Crippen LogP contribution in [-0.4, -0.2) is 48.8 Å². The van der Waals surface area contributed by atoms with Crippen LogP contribution in [0.5, 0.6) is 0 Å². The maximum Gasteiger partial charge on any atom is 0.323 e. The van der Waals surface area contributed by atoms with E-state index in [0.717, 1.165) is 11.0 Å². The second-order valence-electron chi connectivity index (χ2n) is 3.84. The number of hydrogen-bond acceptors (Lipinski definition) is 3. The van der Waals surface area contributed by atoms with E-state index in [1.54, 1.807) is 0 Å². The van der Waals surface area contributed by atoms with Crippen molar-refractivity contribution in [3.05, 3.63) is 29.8 Å². The summed E-state index contributed by atoms with van der Waals surface area (Å²) in [5, 5.41) is 10.8. The fourth-order valence-electron chi connectivity index (χ4n) is 1.41. The highest BCUT2D eigenvalue weighted by molar-refractivity contribution is 5.91. The molecule has 2 amide bonds. The number of carboxylic acid groups (broad SMARTS) is 1. The Morgan fingerprint density at radius 2 is 2.10 bits per heavy atom. The Morgan fingerprint density at radius 1 is 1.40 bits per heavy atom. The Morgan fingerprint density at radius 3 is 2.70 bits per heavy atom. The fraction of sp³-hybridized carbons (Fsp3) is 0.333. The molecule has 0 aliphatic carbocycles.